The largest absolute Gasteiger partial charge is 0.455 e. The molecule has 0 amide bonds. The van der Waals surface area contributed by atoms with E-state index in [1.165, 1.54) is 44.2 Å². The molecule has 61 heavy (non-hydrogen) atoms. The van der Waals surface area contributed by atoms with Crippen molar-refractivity contribution in [1.29, 1.82) is 0 Å². The summed E-state index contributed by atoms with van der Waals surface area (Å²) < 4.78 is 9.03. The predicted molar refractivity (Wildman–Crippen MR) is 253 cm³/mol. The molecule has 2 aliphatic rings. The Morgan fingerprint density at radius 2 is 1.16 bits per heavy atom. The second-order valence-electron chi connectivity index (χ2n) is 16.1. The van der Waals surface area contributed by atoms with Gasteiger partial charge >= 0.3 is 0 Å². The number of furan rings is 1. The van der Waals surface area contributed by atoms with E-state index in [2.05, 4.69) is 204 Å². The summed E-state index contributed by atoms with van der Waals surface area (Å²) in [6, 6.07) is 68.2. The van der Waals surface area contributed by atoms with Crippen LogP contribution in [0.1, 0.15) is 17.7 Å². The van der Waals surface area contributed by atoms with E-state index in [1.807, 2.05) is 6.07 Å². The number of hydrogen-bond acceptors (Lipinski definition) is 3. The molecule has 0 saturated heterocycles. The lowest BCUT2D eigenvalue weighted by Crippen LogP contribution is -2.12. The highest BCUT2D eigenvalue weighted by atomic mass is 16.3. The third-order valence-electron chi connectivity index (χ3n) is 12.8. The van der Waals surface area contributed by atoms with Gasteiger partial charge in [-0.3, -0.25) is 4.98 Å². The molecule has 4 heteroatoms. The van der Waals surface area contributed by atoms with Crippen LogP contribution in [-0.2, 0) is 6.42 Å². The number of allylic oxidation sites excluding steroid dienone is 1. The van der Waals surface area contributed by atoms with Gasteiger partial charge in [-0.2, -0.15) is 0 Å². The summed E-state index contributed by atoms with van der Waals surface area (Å²) in [7, 11) is 0. The first kappa shape index (κ1) is 34.0. The third kappa shape index (κ3) is 5.09. The van der Waals surface area contributed by atoms with Gasteiger partial charge < -0.3 is 13.9 Å². The van der Waals surface area contributed by atoms with E-state index in [0.29, 0.717) is 0 Å². The monoisotopic (exact) mass is 779 g/mol. The lowest BCUT2D eigenvalue weighted by molar-refractivity contribution is 0.670. The third-order valence-corrected chi connectivity index (χ3v) is 12.8. The SMILES string of the molecule is C1=Cc2ccc(-c3cccc4c(N5c6ccccc6-c6c(n(-c7cccc(-c8cccc9c8oc8ccccc89)c7)c7ccccc67)-c6ccccc65)cccc34)nc2CC1. The van der Waals surface area contributed by atoms with E-state index >= 15 is 0 Å². The zero-order valence-electron chi connectivity index (χ0n) is 33.2. The predicted octanol–water partition coefficient (Wildman–Crippen LogP) is 15.5. The van der Waals surface area contributed by atoms with Crippen LogP contribution >= 0.6 is 0 Å². The molecule has 8 aromatic carbocycles. The van der Waals surface area contributed by atoms with Crippen LogP contribution in [0.2, 0.25) is 0 Å². The van der Waals surface area contributed by atoms with Crippen molar-refractivity contribution in [3.8, 4) is 50.5 Å². The first-order chi connectivity index (χ1) is 30.3. The molecule has 0 radical (unpaired) electrons. The summed E-state index contributed by atoms with van der Waals surface area (Å²) in [4.78, 5) is 7.71. The molecule has 0 atom stereocenters. The minimum Gasteiger partial charge on any atom is -0.455 e. The van der Waals surface area contributed by atoms with E-state index in [1.54, 1.807) is 0 Å². The number of para-hydroxylation sites is 5. The van der Waals surface area contributed by atoms with Gasteiger partial charge in [0.15, 0.2) is 0 Å². The zero-order chi connectivity index (χ0) is 40.0. The topological polar surface area (TPSA) is 34.2 Å². The average Bonchev–Trinajstić information content (AvgIpc) is 3.84. The summed E-state index contributed by atoms with van der Waals surface area (Å²) >= 11 is 0. The van der Waals surface area contributed by atoms with Crippen molar-refractivity contribution in [2.24, 2.45) is 0 Å². The van der Waals surface area contributed by atoms with Gasteiger partial charge in [0.25, 0.3) is 0 Å². The van der Waals surface area contributed by atoms with Crippen molar-refractivity contribution in [2.75, 3.05) is 4.90 Å². The molecule has 3 aromatic heterocycles. The number of aryl methyl sites for hydroxylation is 1. The number of rotatable bonds is 4. The fourth-order valence-corrected chi connectivity index (χ4v) is 10.1. The second kappa shape index (κ2) is 13.3. The summed E-state index contributed by atoms with van der Waals surface area (Å²) in [5.74, 6) is 0. The Labute approximate surface area is 352 Å². The highest BCUT2D eigenvalue weighted by Crippen LogP contribution is 2.55. The van der Waals surface area contributed by atoms with Gasteiger partial charge in [0.2, 0.25) is 0 Å². The van der Waals surface area contributed by atoms with E-state index in [0.717, 1.165) is 91.0 Å². The molecule has 13 rings (SSSR count). The van der Waals surface area contributed by atoms with Crippen LogP contribution in [0.15, 0.2) is 199 Å². The van der Waals surface area contributed by atoms with Crippen molar-refractivity contribution in [2.45, 2.75) is 12.8 Å². The fourth-order valence-electron chi connectivity index (χ4n) is 10.1. The molecule has 0 spiro atoms. The lowest BCUT2D eigenvalue weighted by atomic mass is 9.97. The Hall–Kier alpha value is -7.95. The van der Waals surface area contributed by atoms with Gasteiger partial charge in [0.1, 0.15) is 11.2 Å². The highest BCUT2D eigenvalue weighted by molar-refractivity contribution is 6.15. The van der Waals surface area contributed by atoms with Gasteiger partial charge in [-0.1, -0.05) is 152 Å². The number of fused-ring (bicyclic) bond motifs is 12. The standard InChI is InChI=1S/C57H37N3O/c1-6-27-48-36(15-1)33-34-49(58-48)41-24-13-25-42-40(41)23-14-31-50(42)60-52-29-8-3-20-46(52)55-45-19-2-7-28-51(45)59(56(55)47-21-4-9-30-53(47)60)38-17-11-16-37(35-38)39-22-12-26-44-43-18-5-10-32-54(43)61-57(39)44/h1-5,7-26,28-35H,6,27H2. The van der Waals surface area contributed by atoms with Gasteiger partial charge in [-0.05, 0) is 77.9 Å². The normalized spacial score (nSPS) is 13.0. The number of anilines is 3. The van der Waals surface area contributed by atoms with E-state index < -0.39 is 0 Å². The summed E-state index contributed by atoms with van der Waals surface area (Å²) in [5.41, 5.74) is 18.9. The van der Waals surface area contributed by atoms with E-state index in [9.17, 15) is 0 Å². The van der Waals surface area contributed by atoms with Gasteiger partial charge in [0, 0.05) is 60.7 Å². The molecular formula is C57H37N3O. The fraction of sp³-hybridized carbons (Fsp3) is 0.0351. The molecule has 4 nitrogen and oxygen atoms in total. The average molecular weight is 780 g/mol. The molecule has 0 bridgehead atoms. The number of benzene rings is 8. The summed E-state index contributed by atoms with van der Waals surface area (Å²) in [5, 5.41) is 5.83. The Morgan fingerprint density at radius 3 is 2.08 bits per heavy atom. The quantitative estimate of drug-likeness (QED) is 0.178. The molecular weight excluding hydrogens is 743 g/mol. The Balaban J connectivity index is 1.05. The van der Waals surface area contributed by atoms with Gasteiger partial charge in [0.05, 0.1) is 34.0 Å². The Bertz CT molecular complexity index is 3620. The van der Waals surface area contributed by atoms with Crippen LogP contribution in [-0.4, -0.2) is 9.55 Å². The second-order valence-corrected chi connectivity index (χ2v) is 16.1. The van der Waals surface area contributed by atoms with Crippen molar-refractivity contribution >= 4 is 66.8 Å². The molecule has 286 valence electrons. The number of pyridine rings is 1. The molecule has 0 saturated carbocycles. The minimum atomic E-state index is 0.901. The van der Waals surface area contributed by atoms with Crippen LogP contribution in [0.5, 0.6) is 0 Å². The molecule has 1 aliphatic heterocycles. The maximum absolute atomic E-state index is 6.55. The zero-order valence-corrected chi connectivity index (χ0v) is 33.2. The molecule has 0 fully saturated rings. The van der Waals surface area contributed by atoms with Crippen LogP contribution in [0, 0.1) is 0 Å². The maximum Gasteiger partial charge on any atom is 0.143 e. The number of nitrogens with zero attached hydrogens (tertiary/aromatic N) is 3. The van der Waals surface area contributed by atoms with Crippen LogP contribution < -0.4 is 4.90 Å². The van der Waals surface area contributed by atoms with Crippen molar-refractivity contribution in [3.63, 3.8) is 0 Å². The van der Waals surface area contributed by atoms with Gasteiger partial charge in [-0.25, -0.2) is 0 Å². The molecule has 4 heterocycles. The van der Waals surface area contributed by atoms with E-state index in [4.69, 9.17) is 9.40 Å². The lowest BCUT2D eigenvalue weighted by Gasteiger charge is -2.29. The Morgan fingerprint density at radius 1 is 0.492 bits per heavy atom. The van der Waals surface area contributed by atoms with E-state index in [-0.39, 0.29) is 0 Å². The summed E-state index contributed by atoms with van der Waals surface area (Å²) in [6.45, 7) is 0. The minimum absolute atomic E-state index is 0.901. The van der Waals surface area contributed by atoms with Crippen LogP contribution in [0.4, 0.5) is 17.1 Å². The molecule has 0 N–H and O–H groups in total. The van der Waals surface area contributed by atoms with Crippen LogP contribution in [0.3, 0.4) is 0 Å². The number of aromatic nitrogens is 2. The molecule has 0 unspecified atom stereocenters. The van der Waals surface area contributed by atoms with Crippen molar-refractivity contribution < 1.29 is 4.42 Å². The highest BCUT2D eigenvalue weighted by Gasteiger charge is 2.32. The van der Waals surface area contributed by atoms with Crippen LogP contribution in [0.25, 0.3) is 100 Å². The smallest absolute Gasteiger partial charge is 0.143 e. The number of hydrogen-bond donors (Lipinski definition) is 0. The molecule has 1 aliphatic carbocycles. The first-order valence-electron chi connectivity index (χ1n) is 21.1. The van der Waals surface area contributed by atoms with Crippen molar-refractivity contribution in [1.82, 2.24) is 9.55 Å². The Kier molecular flexibility index (Phi) is 7.40. The van der Waals surface area contributed by atoms with Gasteiger partial charge in [-0.15, -0.1) is 0 Å². The maximum atomic E-state index is 6.55. The summed E-state index contributed by atoms with van der Waals surface area (Å²) in [6.07, 6.45) is 6.45. The first-order valence-corrected chi connectivity index (χ1v) is 21.1. The van der Waals surface area contributed by atoms with Crippen molar-refractivity contribution in [3.05, 3.63) is 205 Å². The molecule has 11 aromatic rings.